The van der Waals surface area contributed by atoms with Crippen molar-refractivity contribution in [3.05, 3.63) is 87.7 Å². The fraction of sp³-hybridized carbons (Fsp3) is 0.400. The molecule has 7 rings (SSSR count). The maximum atomic E-state index is 13.3. The van der Waals surface area contributed by atoms with Crippen LogP contribution >= 0.6 is 23.2 Å². The molecule has 14 heteroatoms. The van der Waals surface area contributed by atoms with Gasteiger partial charge in [-0.2, -0.15) is 0 Å². The molecule has 2 aliphatic heterocycles. The van der Waals surface area contributed by atoms with Crippen LogP contribution in [0, 0.1) is 0 Å². The summed E-state index contributed by atoms with van der Waals surface area (Å²) in [5.74, 6) is 0.293. The van der Waals surface area contributed by atoms with Crippen LogP contribution in [0.15, 0.2) is 60.8 Å². The monoisotopic (exact) mass is 840 g/mol. The van der Waals surface area contributed by atoms with E-state index in [4.69, 9.17) is 47.4 Å². The minimum atomic E-state index is -0.704. The molecule has 1 fully saturated rings. The summed E-state index contributed by atoms with van der Waals surface area (Å²) in [5, 5.41) is 4.90. The van der Waals surface area contributed by atoms with Gasteiger partial charge in [-0.1, -0.05) is 53.5 Å². The lowest BCUT2D eigenvalue weighted by atomic mass is 9.99. The molecule has 3 amide bonds. The van der Waals surface area contributed by atoms with E-state index in [0.717, 1.165) is 22.0 Å². The van der Waals surface area contributed by atoms with Crippen molar-refractivity contribution in [1.82, 2.24) is 29.7 Å². The van der Waals surface area contributed by atoms with Crippen molar-refractivity contribution in [3.8, 4) is 39.5 Å². The predicted molar refractivity (Wildman–Crippen MR) is 230 cm³/mol. The Balaban J connectivity index is 1.17. The van der Waals surface area contributed by atoms with Gasteiger partial charge >= 0.3 is 12.2 Å². The van der Waals surface area contributed by atoms with Gasteiger partial charge in [0.1, 0.15) is 11.2 Å². The molecule has 5 heterocycles. The molecule has 1 atom stereocenters. The summed E-state index contributed by atoms with van der Waals surface area (Å²) in [7, 11) is 3.58. The van der Waals surface area contributed by atoms with Crippen LogP contribution in [0.1, 0.15) is 71.2 Å². The average molecular weight is 842 g/mol. The second kappa shape index (κ2) is 16.4. The first kappa shape index (κ1) is 41.8. The number of aryl methyl sites for hydroxylation is 1. The number of halogens is 2. The number of fused-ring (bicyclic) bond motifs is 3. The Bertz CT molecular complexity index is 2450. The Morgan fingerprint density at radius 3 is 2.36 bits per heavy atom. The van der Waals surface area contributed by atoms with E-state index in [1.165, 1.54) is 12.8 Å². The highest BCUT2D eigenvalue weighted by molar-refractivity contribution is 6.39. The fourth-order valence-corrected chi connectivity index (χ4v) is 8.37. The van der Waals surface area contributed by atoms with Crippen molar-refractivity contribution in [2.24, 2.45) is 7.05 Å². The number of amides is 3. The van der Waals surface area contributed by atoms with Gasteiger partial charge in [-0.15, -0.1) is 0 Å². The maximum absolute atomic E-state index is 13.3. The molecule has 5 aromatic rings. The zero-order chi connectivity index (χ0) is 42.4. The molecule has 59 heavy (non-hydrogen) atoms. The smallest absolute Gasteiger partial charge is 0.410 e. The molecule has 1 N–H and O–H groups in total. The van der Waals surface area contributed by atoms with Crippen molar-refractivity contribution in [3.63, 3.8) is 0 Å². The van der Waals surface area contributed by atoms with Crippen LogP contribution in [-0.2, 0) is 40.8 Å². The SMILES string of the molecule is COc1nc(-c2cccc(-c3ccnc(-c4ccc5c6c(n(C)c5c4)CCN(C(=O)OC(C)(C)C)C6)c3Cl)c2Cl)ccc1CN(C[C@@H]1CCC(=O)N1)C(=O)OC(C)(C)C. The number of hydrogen-bond donors (Lipinski definition) is 1. The van der Waals surface area contributed by atoms with Crippen LogP contribution in [0.4, 0.5) is 9.59 Å². The number of ether oxygens (including phenoxy) is 3. The minimum absolute atomic E-state index is 0.0337. The lowest BCUT2D eigenvalue weighted by molar-refractivity contribution is -0.119. The van der Waals surface area contributed by atoms with E-state index < -0.39 is 17.3 Å². The standard InChI is InChI=1S/C45H50Cl2N6O6/c1-44(2,3)58-42(55)52-21-19-35-33(25-52)29-15-12-26(22-36(29)51(35)7)40-39(47)31(18-20-48-40)30-10-9-11-32(38(30)46)34-16-13-27(41(50-34)57-8)23-53(43(56)59-45(4,5)6)24-28-14-17-37(54)49-28/h9-13,15-16,18,20,22,28H,14,17,19,21,23-25H2,1-8H3,(H,49,54)/t28-/m0/s1. The molecule has 0 aliphatic carbocycles. The first-order valence-electron chi connectivity index (χ1n) is 19.7. The third-order valence-electron chi connectivity index (χ3n) is 10.5. The summed E-state index contributed by atoms with van der Waals surface area (Å²) in [6.45, 7) is 12.6. The summed E-state index contributed by atoms with van der Waals surface area (Å²) in [4.78, 5) is 51.1. The van der Waals surface area contributed by atoms with E-state index in [2.05, 4.69) is 29.1 Å². The molecule has 0 saturated carbocycles. The molecule has 12 nitrogen and oxygen atoms in total. The molecular formula is C45H50Cl2N6O6. The van der Waals surface area contributed by atoms with Crippen molar-refractivity contribution < 1.29 is 28.6 Å². The van der Waals surface area contributed by atoms with E-state index in [9.17, 15) is 14.4 Å². The number of methoxy groups -OCH3 is 1. The van der Waals surface area contributed by atoms with Gasteiger partial charge in [0, 0.05) is 95.2 Å². The highest BCUT2D eigenvalue weighted by Gasteiger charge is 2.31. The number of nitrogens with one attached hydrogen (secondary N) is 1. The van der Waals surface area contributed by atoms with Gasteiger partial charge in [-0.25, -0.2) is 14.6 Å². The highest BCUT2D eigenvalue weighted by Crippen LogP contribution is 2.43. The summed E-state index contributed by atoms with van der Waals surface area (Å²) in [6.07, 6.45) is 2.68. The van der Waals surface area contributed by atoms with E-state index >= 15 is 0 Å². The van der Waals surface area contributed by atoms with Crippen molar-refractivity contribution in [2.75, 3.05) is 20.2 Å². The van der Waals surface area contributed by atoms with Gasteiger partial charge in [-0.05, 0) is 72.2 Å². The fourth-order valence-electron chi connectivity index (χ4n) is 7.73. The Morgan fingerprint density at radius 2 is 1.66 bits per heavy atom. The molecular weight excluding hydrogens is 791 g/mol. The number of nitrogens with zero attached hydrogens (tertiary/aromatic N) is 5. The summed E-state index contributed by atoms with van der Waals surface area (Å²) < 4.78 is 19.3. The lowest BCUT2D eigenvalue weighted by Crippen LogP contribution is -2.43. The Kier molecular flexibility index (Phi) is 11.6. The number of aromatic nitrogens is 3. The van der Waals surface area contributed by atoms with Gasteiger partial charge in [0.25, 0.3) is 0 Å². The third-order valence-corrected chi connectivity index (χ3v) is 11.2. The number of benzene rings is 2. The van der Waals surface area contributed by atoms with Crippen molar-refractivity contribution >= 4 is 52.2 Å². The Labute approximate surface area is 354 Å². The van der Waals surface area contributed by atoms with Crippen molar-refractivity contribution in [1.29, 1.82) is 0 Å². The van der Waals surface area contributed by atoms with Crippen LogP contribution < -0.4 is 10.1 Å². The molecule has 3 aromatic heterocycles. The molecule has 2 aliphatic rings. The maximum Gasteiger partial charge on any atom is 0.410 e. The molecule has 2 aromatic carbocycles. The molecule has 1 saturated heterocycles. The quantitative estimate of drug-likeness (QED) is 0.164. The van der Waals surface area contributed by atoms with Crippen LogP contribution in [-0.4, -0.2) is 79.9 Å². The zero-order valence-electron chi connectivity index (χ0n) is 34.7. The van der Waals surface area contributed by atoms with Crippen LogP contribution in [0.5, 0.6) is 5.88 Å². The van der Waals surface area contributed by atoms with Gasteiger partial charge in [-0.3, -0.25) is 9.78 Å². The number of rotatable bonds is 8. The Hall–Kier alpha value is -5.33. The van der Waals surface area contributed by atoms with Crippen LogP contribution in [0.3, 0.4) is 0 Å². The molecule has 0 bridgehead atoms. The zero-order valence-corrected chi connectivity index (χ0v) is 36.3. The molecule has 0 spiro atoms. The molecule has 310 valence electrons. The molecule has 0 radical (unpaired) electrons. The van der Waals surface area contributed by atoms with E-state index in [1.807, 2.05) is 84.0 Å². The van der Waals surface area contributed by atoms with Crippen LogP contribution in [0.2, 0.25) is 10.0 Å². The average Bonchev–Trinajstić information content (AvgIpc) is 3.72. The van der Waals surface area contributed by atoms with Gasteiger partial charge in [0.05, 0.1) is 41.6 Å². The number of carbonyl (C=O) groups excluding carboxylic acids is 3. The number of pyridine rings is 2. The second-order valence-corrected chi connectivity index (χ2v) is 17.8. The normalized spacial score (nSPS) is 15.5. The van der Waals surface area contributed by atoms with Crippen LogP contribution in [0.25, 0.3) is 44.5 Å². The predicted octanol–water partition coefficient (Wildman–Crippen LogP) is 9.59. The lowest BCUT2D eigenvalue weighted by Gasteiger charge is -2.30. The summed E-state index contributed by atoms with van der Waals surface area (Å²) in [5.41, 5.74) is 6.80. The van der Waals surface area contributed by atoms with E-state index in [1.54, 1.807) is 16.0 Å². The first-order valence-corrected chi connectivity index (χ1v) is 20.5. The largest absolute Gasteiger partial charge is 0.481 e. The van der Waals surface area contributed by atoms with Crippen molar-refractivity contribution in [2.45, 2.75) is 91.1 Å². The van der Waals surface area contributed by atoms with E-state index in [-0.39, 0.29) is 31.1 Å². The summed E-state index contributed by atoms with van der Waals surface area (Å²) in [6, 6.07) is 17.2. The topological polar surface area (TPSA) is 128 Å². The number of hydrogen-bond acceptors (Lipinski definition) is 8. The van der Waals surface area contributed by atoms with E-state index in [0.29, 0.717) is 81.9 Å². The third kappa shape index (κ3) is 8.99. The highest BCUT2D eigenvalue weighted by atomic mass is 35.5. The first-order chi connectivity index (χ1) is 27.9. The second-order valence-electron chi connectivity index (χ2n) is 17.1. The Morgan fingerprint density at radius 1 is 0.932 bits per heavy atom. The number of carbonyl (C=O) groups is 3. The minimum Gasteiger partial charge on any atom is -0.481 e. The van der Waals surface area contributed by atoms with Gasteiger partial charge in [0.15, 0.2) is 0 Å². The molecule has 0 unspecified atom stereocenters. The summed E-state index contributed by atoms with van der Waals surface area (Å²) >= 11 is 14.4. The van der Waals surface area contributed by atoms with Gasteiger partial charge < -0.3 is 33.9 Å². The van der Waals surface area contributed by atoms with Gasteiger partial charge in [0.2, 0.25) is 11.8 Å².